The molecule has 0 aliphatic carbocycles. The van der Waals surface area contributed by atoms with Crippen molar-refractivity contribution in [3.63, 3.8) is 0 Å². The minimum Gasteiger partial charge on any atom is -0.324 e. The summed E-state index contributed by atoms with van der Waals surface area (Å²) in [6, 6.07) is 6.86. The Morgan fingerprint density at radius 3 is 2.73 bits per heavy atom. The summed E-state index contributed by atoms with van der Waals surface area (Å²) in [6.07, 6.45) is 0. The maximum atomic E-state index is 11.6. The van der Waals surface area contributed by atoms with Crippen LogP contribution in [-0.2, 0) is 9.59 Å². The first-order valence-electron chi connectivity index (χ1n) is 4.72. The molecule has 0 radical (unpaired) electrons. The van der Waals surface area contributed by atoms with Crippen LogP contribution in [0.3, 0.4) is 0 Å². The molecule has 2 aliphatic rings. The van der Waals surface area contributed by atoms with Gasteiger partial charge in [0.05, 0.1) is 5.92 Å². The number of hydrogen-bond donors (Lipinski definition) is 3. The maximum absolute atomic E-state index is 11.6. The first-order valence-corrected chi connectivity index (χ1v) is 4.72. The molecular weight excluding hydrogens is 194 g/mol. The fourth-order valence-corrected chi connectivity index (χ4v) is 2.09. The van der Waals surface area contributed by atoms with E-state index in [1.165, 1.54) is 0 Å². The molecule has 3 N–H and O–H groups in total. The molecule has 2 aliphatic heterocycles. The van der Waals surface area contributed by atoms with E-state index < -0.39 is 12.0 Å². The molecular formula is C10H9N3O2. The van der Waals surface area contributed by atoms with Crippen molar-refractivity contribution in [3.8, 4) is 0 Å². The number of benzene rings is 1. The molecule has 76 valence electrons. The number of carbonyl (C=O) groups excluding carboxylic acids is 2. The minimum absolute atomic E-state index is 0.151. The number of rotatable bonds is 0. The van der Waals surface area contributed by atoms with Crippen molar-refractivity contribution in [1.82, 2.24) is 10.9 Å². The fourth-order valence-electron chi connectivity index (χ4n) is 2.09. The van der Waals surface area contributed by atoms with Crippen molar-refractivity contribution in [2.24, 2.45) is 0 Å². The Labute approximate surface area is 85.8 Å². The Hall–Kier alpha value is -1.88. The van der Waals surface area contributed by atoms with Crippen molar-refractivity contribution < 1.29 is 9.59 Å². The van der Waals surface area contributed by atoms with E-state index in [0.717, 1.165) is 11.3 Å². The summed E-state index contributed by atoms with van der Waals surface area (Å²) in [5.74, 6) is -0.727. The van der Waals surface area contributed by atoms with Gasteiger partial charge in [0.15, 0.2) is 0 Å². The number of hydrazine groups is 1. The van der Waals surface area contributed by atoms with Gasteiger partial charge in [-0.15, -0.1) is 0 Å². The smallest absolute Gasteiger partial charge is 0.244 e. The molecule has 2 atom stereocenters. The molecule has 0 bridgehead atoms. The Bertz CT molecular complexity index is 458. The Kier molecular flexibility index (Phi) is 1.58. The zero-order chi connectivity index (χ0) is 10.4. The standard InChI is InChI=1S/C10H9N3O2/c14-9-7-5-3-1-2-4-6(5)11-10(15)8(7)12-13-9/h1-4,7-8,12H,(H,11,15)(H,13,14). The molecule has 1 fully saturated rings. The lowest BCUT2D eigenvalue weighted by molar-refractivity contribution is -0.123. The number of fused-ring (bicyclic) bond motifs is 3. The van der Waals surface area contributed by atoms with Crippen molar-refractivity contribution in [2.45, 2.75) is 12.0 Å². The van der Waals surface area contributed by atoms with Crippen LogP contribution < -0.4 is 16.2 Å². The number of carbonyl (C=O) groups is 2. The summed E-state index contributed by atoms with van der Waals surface area (Å²) in [6.45, 7) is 0. The van der Waals surface area contributed by atoms with E-state index in [4.69, 9.17) is 0 Å². The molecule has 5 nitrogen and oxygen atoms in total. The average molecular weight is 203 g/mol. The summed E-state index contributed by atoms with van der Waals surface area (Å²) in [4.78, 5) is 23.2. The van der Waals surface area contributed by atoms with Gasteiger partial charge in [-0.25, -0.2) is 5.43 Å². The Morgan fingerprint density at radius 1 is 1.07 bits per heavy atom. The topological polar surface area (TPSA) is 70.2 Å². The van der Waals surface area contributed by atoms with E-state index in [9.17, 15) is 9.59 Å². The van der Waals surface area contributed by atoms with E-state index in [-0.39, 0.29) is 11.8 Å². The van der Waals surface area contributed by atoms with Gasteiger partial charge in [-0.3, -0.25) is 15.0 Å². The third kappa shape index (κ3) is 1.07. The summed E-state index contributed by atoms with van der Waals surface area (Å²) in [5, 5.41) is 2.76. The van der Waals surface area contributed by atoms with Crippen molar-refractivity contribution in [3.05, 3.63) is 29.8 Å². The van der Waals surface area contributed by atoms with Crippen LogP contribution in [0.5, 0.6) is 0 Å². The van der Waals surface area contributed by atoms with Crippen molar-refractivity contribution in [1.29, 1.82) is 0 Å². The summed E-state index contributed by atoms with van der Waals surface area (Å²) < 4.78 is 0. The molecule has 5 heteroatoms. The van der Waals surface area contributed by atoms with E-state index in [1.807, 2.05) is 18.2 Å². The summed E-state index contributed by atoms with van der Waals surface area (Å²) in [5.41, 5.74) is 6.76. The van der Waals surface area contributed by atoms with Crippen LogP contribution in [0.2, 0.25) is 0 Å². The lowest BCUT2D eigenvalue weighted by Gasteiger charge is -2.25. The largest absolute Gasteiger partial charge is 0.324 e. The Morgan fingerprint density at radius 2 is 1.87 bits per heavy atom. The molecule has 0 aromatic heterocycles. The number of hydrogen-bond acceptors (Lipinski definition) is 3. The van der Waals surface area contributed by atoms with Gasteiger partial charge in [0.1, 0.15) is 6.04 Å². The SMILES string of the molecule is O=C1Nc2ccccc2C2C(=O)NNC12. The molecule has 0 saturated carbocycles. The third-order valence-electron chi connectivity index (χ3n) is 2.80. The second-order valence-corrected chi connectivity index (χ2v) is 3.67. The average Bonchev–Trinajstić information content (AvgIpc) is 2.62. The highest BCUT2D eigenvalue weighted by atomic mass is 16.2. The third-order valence-corrected chi connectivity index (χ3v) is 2.80. The van der Waals surface area contributed by atoms with E-state index in [1.54, 1.807) is 6.07 Å². The van der Waals surface area contributed by atoms with Crippen molar-refractivity contribution in [2.75, 3.05) is 5.32 Å². The maximum Gasteiger partial charge on any atom is 0.244 e. The highest BCUT2D eigenvalue weighted by Gasteiger charge is 2.44. The van der Waals surface area contributed by atoms with E-state index in [0.29, 0.717) is 0 Å². The number of amides is 2. The van der Waals surface area contributed by atoms with Crippen LogP contribution in [-0.4, -0.2) is 17.9 Å². The highest BCUT2D eigenvalue weighted by Crippen LogP contribution is 2.33. The molecule has 1 aromatic carbocycles. The predicted molar refractivity (Wildman–Crippen MR) is 52.9 cm³/mol. The van der Waals surface area contributed by atoms with Gasteiger partial charge in [0, 0.05) is 5.69 Å². The number of nitrogens with one attached hydrogen (secondary N) is 3. The van der Waals surface area contributed by atoms with Gasteiger partial charge >= 0.3 is 0 Å². The normalized spacial score (nSPS) is 27.7. The molecule has 2 unspecified atom stereocenters. The van der Waals surface area contributed by atoms with E-state index >= 15 is 0 Å². The van der Waals surface area contributed by atoms with Crippen LogP contribution >= 0.6 is 0 Å². The summed E-state index contributed by atoms with van der Waals surface area (Å²) in [7, 11) is 0. The van der Waals surface area contributed by atoms with Gasteiger partial charge in [0.2, 0.25) is 11.8 Å². The van der Waals surface area contributed by atoms with Crippen molar-refractivity contribution >= 4 is 17.5 Å². The first kappa shape index (κ1) is 8.43. The molecule has 0 spiro atoms. The monoisotopic (exact) mass is 203 g/mol. The zero-order valence-corrected chi connectivity index (χ0v) is 7.78. The van der Waals surface area contributed by atoms with Gasteiger partial charge < -0.3 is 5.32 Å². The molecule has 1 aromatic rings. The van der Waals surface area contributed by atoms with Gasteiger partial charge in [0.25, 0.3) is 0 Å². The van der Waals surface area contributed by atoms with Crippen LogP contribution in [0.1, 0.15) is 11.5 Å². The van der Waals surface area contributed by atoms with E-state index in [2.05, 4.69) is 16.2 Å². The zero-order valence-electron chi connectivity index (χ0n) is 7.78. The second-order valence-electron chi connectivity index (χ2n) is 3.67. The lowest BCUT2D eigenvalue weighted by atomic mass is 9.87. The molecule has 3 rings (SSSR count). The lowest BCUT2D eigenvalue weighted by Crippen LogP contribution is -2.44. The molecule has 2 heterocycles. The quantitative estimate of drug-likeness (QED) is 0.543. The highest BCUT2D eigenvalue weighted by molar-refractivity contribution is 6.06. The van der Waals surface area contributed by atoms with Crippen LogP contribution in [0.4, 0.5) is 5.69 Å². The van der Waals surface area contributed by atoms with Crippen LogP contribution in [0, 0.1) is 0 Å². The molecule has 2 amide bonds. The number of para-hydroxylation sites is 1. The predicted octanol–water partition coefficient (Wildman–Crippen LogP) is -0.275. The molecule has 1 saturated heterocycles. The second kappa shape index (κ2) is 2.80. The van der Waals surface area contributed by atoms with Gasteiger partial charge in [-0.2, -0.15) is 0 Å². The fraction of sp³-hybridized carbons (Fsp3) is 0.200. The Balaban J connectivity index is 2.16. The number of anilines is 1. The van der Waals surface area contributed by atoms with Gasteiger partial charge in [-0.1, -0.05) is 18.2 Å². The molecule has 15 heavy (non-hydrogen) atoms. The first-order chi connectivity index (χ1) is 7.27. The van der Waals surface area contributed by atoms with Crippen LogP contribution in [0.15, 0.2) is 24.3 Å². The van der Waals surface area contributed by atoms with Crippen LogP contribution in [0.25, 0.3) is 0 Å². The summed E-state index contributed by atoms with van der Waals surface area (Å²) >= 11 is 0. The minimum atomic E-state index is -0.493. The van der Waals surface area contributed by atoms with Gasteiger partial charge in [-0.05, 0) is 11.6 Å².